The first-order chi connectivity index (χ1) is 15.0. The Labute approximate surface area is 186 Å². The number of rotatable bonds is 7. The summed E-state index contributed by atoms with van der Waals surface area (Å²) in [6, 6.07) is 7.26. The minimum atomic E-state index is -0.280. The summed E-state index contributed by atoms with van der Waals surface area (Å²) in [5.74, 6) is 2.41. The van der Waals surface area contributed by atoms with Crippen LogP contribution < -0.4 is 18.9 Å². The quantitative estimate of drug-likeness (QED) is 0.382. The van der Waals surface area contributed by atoms with Crippen molar-refractivity contribution in [3.05, 3.63) is 53.1 Å². The third-order valence-corrected chi connectivity index (χ3v) is 5.70. The van der Waals surface area contributed by atoms with Crippen molar-refractivity contribution in [2.75, 3.05) is 26.8 Å². The number of oxime groups is 1. The van der Waals surface area contributed by atoms with Gasteiger partial charge in [0.05, 0.1) is 20.1 Å². The summed E-state index contributed by atoms with van der Waals surface area (Å²) in [6.07, 6.45) is 0.419. The lowest BCUT2D eigenvalue weighted by Crippen LogP contribution is -2.15. The fourth-order valence-electron chi connectivity index (χ4n) is 3.93. The summed E-state index contributed by atoms with van der Waals surface area (Å²) in [4.78, 5) is 5.46. The first kappa shape index (κ1) is 21.2. The van der Waals surface area contributed by atoms with Crippen LogP contribution in [0.1, 0.15) is 29.5 Å². The fraction of sp³-hybridized carbons (Fsp3) is 0.348. The van der Waals surface area contributed by atoms with Crippen molar-refractivity contribution in [1.82, 2.24) is 0 Å². The molecule has 2 atom stereocenters. The molecule has 164 valence electrons. The molecule has 0 saturated heterocycles. The number of benzene rings is 2. The summed E-state index contributed by atoms with van der Waals surface area (Å²) in [6.45, 7) is 6.18. The Balaban J connectivity index is 1.75. The van der Waals surface area contributed by atoms with E-state index in [1.165, 1.54) is 0 Å². The van der Waals surface area contributed by atoms with Crippen molar-refractivity contribution in [2.24, 2.45) is 5.16 Å². The zero-order chi connectivity index (χ0) is 22.1. The minimum Gasteiger partial charge on any atom is -0.507 e. The van der Waals surface area contributed by atoms with Crippen LogP contribution >= 0.6 is 12.6 Å². The van der Waals surface area contributed by atoms with Gasteiger partial charge in [-0.1, -0.05) is 11.7 Å². The van der Waals surface area contributed by atoms with Gasteiger partial charge in [-0.25, -0.2) is 0 Å². The van der Waals surface area contributed by atoms with Crippen LogP contribution in [-0.2, 0) is 11.3 Å². The zero-order valence-electron chi connectivity index (χ0n) is 17.7. The van der Waals surface area contributed by atoms with Gasteiger partial charge in [0.25, 0.3) is 0 Å². The van der Waals surface area contributed by atoms with Gasteiger partial charge in [0.15, 0.2) is 11.5 Å². The Morgan fingerprint density at radius 2 is 1.97 bits per heavy atom. The number of thiol groups is 1. The summed E-state index contributed by atoms with van der Waals surface area (Å²) >= 11 is 4.20. The summed E-state index contributed by atoms with van der Waals surface area (Å²) < 4.78 is 22.5. The molecule has 0 spiro atoms. The van der Waals surface area contributed by atoms with Gasteiger partial charge in [-0.15, -0.1) is 12.6 Å². The Morgan fingerprint density at radius 1 is 1.23 bits per heavy atom. The van der Waals surface area contributed by atoms with E-state index in [1.807, 2.05) is 19.1 Å². The molecule has 2 aromatic rings. The normalized spacial score (nSPS) is 19.2. The van der Waals surface area contributed by atoms with Crippen LogP contribution in [0.3, 0.4) is 0 Å². The lowest BCUT2D eigenvalue weighted by atomic mass is 9.88. The summed E-state index contributed by atoms with van der Waals surface area (Å²) in [7, 11) is 3.14. The van der Waals surface area contributed by atoms with E-state index in [1.54, 1.807) is 26.4 Å². The highest BCUT2D eigenvalue weighted by molar-refractivity contribution is 7.80. The number of aromatic hydroxyl groups is 1. The number of phenolic OH excluding ortho intramolecular Hbond substituents is 1. The molecule has 2 aliphatic heterocycles. The molecule has 0 aliphatic carbocycles. The molecule has 0 amide bonds. The van der Waals surface area contributed by atoms with Crippen LogP contribution in [0, 0.1) is 0 Å². The van der Waals surface area contributed by atoms with Crippen LogP contribution in [0.4, 0.5) is 0 Å². The highest BCUT2D eigenvalue weighted by Gasteiger charge is 2.35. The first-order valence-corrected chi connectivity index (χ1v) is 10.5. The lowest BCUT2D eigenvalue weighted by molar-refractivity contribution is 0.166. The van der Waals surface area contributed by atoms with Gasteiger partial charge in [0.1, 0.15) is 41.6 Å². The molecule has 1 unspecified atom stereocenters. The lowest BCUT2D eigenvalue weighted by Gasteiger charge is -2.19. The van der Waals surface area contributed by atoms with Crippen molar-refractivity contribution in [2.45, 2.75) is 25.4 Å². The molecule has 0 aromatic heterocycles. The smallest absolute Gasteiger partial charge is 0.164 e. The van der Waals surface area contributed by atoms with E-state index >= 15 is 0 Å². The zero-order valence-corrected chi connectivity index (χ0v) is 18.6. The molecule has 2 heterocycles. The predicted octanol–water partition coefficient (Wildman–Crippen LogP) is 4.07. The third-order valence-electron chi connectivity index (χ3n) is 5.57. The highest BCUT2D eigenvalue weighted by atomic mass is 32.1. The maximum atomic E-state index is 11.1. The van der Waals surface area contributed by atoms with Gasteiger partial charge >= 0.3 is 0 Å². The van der Waals surface area contributed by atoms with Crippen LogP contribution in [0.5, 0.6) is 28.7 Å². The maximum Gasteiger partial charge on any atom is 0.164 e. The number of nitrogens with zero attached hydrogens (tertiary/aromatic N) is 1. The topological polar surface area (TPSA) is 78.7 Å². The van der Waals surface area contributed by atoms with E-state index in [-0.39, 0.29) is 23.7 Å². The molecule has 0 saturated carbocycles. The van der Waals surface area contributed by atoms with Gasteiger partial charge < -0.3 is 28.9 Å². The molecular formula is C23H25NO6S. The molecule has 4 rings (SSSR count). The van der Waals surface area contributed by atoms with Crippen LogP contribution in [0.2, 0.25) is 0 Å². The van der Waals surface area contributed by atoms with E-state index in [4.69, 9.17) is 23.8 Å². The van der Waals surface area contributed by atoms with Gasteiger partial charge in [-0.3, -0.25) is 0 Å². The summed E-state index contributed by atoms with van der Waals surface area (Å²) in [5, 5.41) is 15.3. The average molecular weight is 444 g/mol. The number of phenols is 1. The maximum absolute atomic E-state index is 11.1. The van der Waals surface area contributed by atoms with Gasteiger partial charge in [0, 0.05) is 29.2 Å². The van der Waals surface area contributed by atoms with Crippen molar-refractivity contribution in [3.8, 4) is 28.7 Å². The molecule has 31 heavy (non-hydrogen) atoms. The largest absolute Gasteiger partial charge is 0.507 e. The standard InChI is InChI=1S/C23H25NO6S/c1-12(2)18-8-15-17(30-18)6-5-13(23(15)25)22-16(10-29-24-22)14-7-20(26-3)21(27-4)9-19(14)28-11-31/h5-7,9,16,18,25,31H,1,8,10-11H2,2-4H3/t16?,18-/m1/s1. The van der Waals surface area contributed by atoms with Crippen molar-refractivity contribution < 1.29 is 28.9 Å². The molecule has 0 fully saturated rings. The van der Waals surface area contributed by atoms with Gasteiger partial charge in [-0.05, 0) is 30.7 Å². The molecule has 8 heteroatoms. The monoisotopic (exact) mass is 443 g/mol. The number of fused-ring (bicyclic) bond motifs is 1. The molecule has 7 nitrogen and oxygen atoms in total. The second kappa shape index (κ2) is 8.63. The van der Waals surface area contributed by atoms with Crippen molar-refractivity contribution in [1.29, 1.82) is 0 Å². The molecule has 2 aliphatic rings. The number of hydrogen-bond donors (Lipinski definition) is 2. The SMILES string of the molecule is C=C(C)[C@H]1Cc2c(ccc(C3=NOCC3c3cc(OC)c(OC)cc3OCS)c2O)O1. The van der Waals surface area contributed by atoms with E-state index in [0.29, 0.717) is 47.3 Å². The van der Waals surface area contributed by atoms with Crippen molar-refractivity contribution in [3.63, 3.8) is 0 Å². The molecule has 0 radical (unpaired) electrons. The second-order valence-electron chi connectivity index (χ2n) is 7.44. The molecular weight excluding hydrogens is 418 g/mol. The number of ether oxygens (including phenoxy) is 4. The Hall–Kier alpha value is -3.00. The van der Waals surface area contributed by atoms with E-state index in [2.05, 4.69) is 24.4 Å². The number of hydrogen-bond acceptors (Lipinski definition) is 8. The van der Waals surface area contributed by atoms with E-state index in [9.17, 15) is 5.11 Å². The van der Waals surface area contributed by atoms with Gasteiger partial charge in [0.2, 0.25) is 0 Å². The van der Waals surface area contributed by atoms with Crippen LogP contribution in [-0.4, -0.2) is 43.7 Å². The Kier molecular flexibility index (Phi) is 5.91. The van der Waals surface area contributed by atoms with Crippen molar-refractivity contribution >= 4 is 18.3 Å². The summed E-state index contributed by atoms with van der Waals surface area (Å²) in [5.41, 5.74) is 3.67. The fourth-order valence-corrected chi connectivity index (χ4v) is 4.07. The van der Waals surface area contributed by atoms with Crippen LogP contribution in [0.15, 0.2) is 41.6 Å². The first-order valence-electron chi connectivity index (χ1n) is 9.85. The Morgan fingerprint density at radius 3 is 2.65 bits per heavy atom. The predicted molar refractivity (Wildman–Crippen MR) is 120 cm³/mol. The highest BCUT2D eigenvalue weighted by Crippen LogP contribution is 2.44. The molecule has 0 bridgehead atoms. The second-order valence-corrected chi connectivity index (χ2v) is 7.70. The third kappa shape index (κ3) is 3.76. The van der Waals surface area contributed by atoms with Gasteiger partial charge in [-0.2, -0.15) is 0 Å². The van der Waals surface area contributed by atoms with E-state index in [0.717, 1.165) is 16.7 Å². The van der Waals surface area contributed by atoms with Crippen LogP contribution in [0.25, 0.3) is 0 Å². The van der Waals surface area contributed by atoms with E-state index < -0.39 is 0 Å². The molecule has 1 N–H and O–H groups in total. The average Bonchev–Trinajstić information content (AvgIpc) is 3.41. The Bertz CT molecular complexity index is 1050. The number of methoxy groups -OCH3 is 2. The minimum absolute atomic E-state index is 0.144. The molecule has 2 aromatic carbocycles.